The van der Waals surface area contributed by atoms with Crippen molar-refractivity contribution in [2.24, 2.45) is 5.92 Å². The van der Waals surface area contributed by atoms with Crippen LogP contribution in [0.3, 0.4) is 0 Å². The standard InChI is InChI=1S/C21H29N3O3/c1-27-19-6-2-15(3-7-19)20(25)23-11-8-16(9-12-23)21(26)24-13-10-17-4-5-18(14-24)22-17/h2-3,6-7,16-18,22H,4-5,8-14H2,1H3/t17-,18+/m1/s1. The Balaban J connectivity index is 1.31. The lowest BCUT2D eigenvalue weighted by Gasteiger charge is -2.35. The van der Waals surface area contributed by atoms with E-state index in [4.69, 9.17) is 4.74 Å². The fourth-order valence-electron chi connectivity index (χ4n) is 4.65. The smallest absolute Gasteiger partial charge is 0.253 e. The molecule has 0 aromatic heterocycles. The van der Waals surface area contributed by atoms with Crippen LogP contribution < -0.4 is 10.1 Å². The number of likely N-dealkylation sites (tertiary alicyclic amines) is 2. The molecule has 1 aromatic rings. The predicted octanol–water partition coefficient (Wildman–Crippen LogP) is 1.90. The molecule has 0 radical (unpaired) electrons. The summed E-state index contributed by atoms with van der Waals surface area (Å²) in [7, 11) is 1.62. The van der Waals surface area contributed by atoms with E-state index in [2.05, 4.69) is 10.2 Å². The van der Waals surface area contributed by atoms with E-state index >= 15 is 0 Å². The maximum Gasteiger partial charge on any atom is 0.253 e. The Kier molecular flexibility index (Phi) is 5.34. The maximum absolute atomic E-state index is 13.0. The zero-order valence-electron chi connectivity index (χ0n) is 16.0. The highest BCUT2D eigenvalue weighted by Gasteiger charge is 2.35. The minimum Gasteiger partial charge on any atom is -0.497 e. The molecule has 0 aliphatic carbocycles. The number of hydrogen-bond acceptors (Lipinski definition) is 4. The van der Waals surface area contributed by atoms with Crippen molar-refractivity contribution < 1.29 is 14.3 Å². The van der Waals surface area contributed by atoms with Crippen LogP contribution in [-0.2, 0) is 4.79 Å². The third-order valence-corrected chi connectivity index (χ3v) is 6.30. The van der Waals surface area contributed by atoms with Crippen molar-refractivity contribution in [3.05, 3.63) is 29.8 Å². The van der Waals surface area contributed by atoms with Gasteiger partial charge < -0.3 is 19.9 Å². The van der Waals surface area contributed by atoms with Gasteiger partial charge in [-0.15, -0.1) is 0 Å². The summed E-state index contributed by atoms with van der Waals surface area (Å²) in [6.07, 6.45) is 5.02. The molecule has 3 saturated heterocycles. The van der Waals surface area contributed by atoms with E-state index < -0.39 is 0 Å². The van der Waals surface area contributed by atoms with Crippen molar-refractivity contribution in [3.63, 3.8) is 0 Å². The van der Waals surface area contributed by atoms with Crippen LogP contribution in [0, 0.1) is 5.92 Å². The van der Waals surface area contributed by atoms with Crippen molar-refractivity contribution in [1.29, 1.82) is 0 Å². The van der Waals surface area contributed by atoms with Gasteiger partial charge in [0.1, 0.15) is 5.75 Å². The van der Waals surface area contributed by atoms with Crippen LogP contribution in [-0.4, -0.2) is 67.0 Å². The number of nitrogens with one attached hydrogen (secondary N) is 1. The summed E-state index contributed by atoms with van der Waals surface area (Å²) in [6, 6.07) is 8.29. The Morgan fingerprint density at radius 2 is 1.59 bits per heavy atom. The van der Waals surface area contributed by atoms with Gasteiger partial charge in [-0.25, -0.2) is 0 Å². The van der Waals surface area contributed by atoms with Crippen molar-refractivity contribution in [2.75, 3.05) is 33.3 Å². The Morgan fingerprint density at radius 1 is 0.926 bits per heavy atom. The van der Waals surface area contributed by atoms with Gasteiger partial charge in [0.15, 0.2) is 0 Å². The summed E-state index contributed by atoms with van der Waals surface area (Å²) in [6.45, 7) is 3.02. The summed E-state index contributed by atoms with van der Waals surface area (Å²) in [4.78, 5) is 29.6. The molecule has 2 amide bonds. The summed E-state index contributed by atoms with van der Waals surface area (Å²) >= 11 is 0. The van der Waals surface area contributed by atoms with Crippen LogP contribution in [0.2, 0.25) is 0 Å². The molecule has 0 saturated carbocycles. The van der Waals surface area contributed by atoms with Crippen molar-refractivity contribution in [2.45, 2.75) is 44.2 Å². The minimum absolute atomic E-state index is 0.0415. The van der Waals surface area contributed by atoms with Crippen molar-refractivity contribution in [3.8, 4) is 5.75 Å². The Bertz CT molecular complexity index is 682. The third kappa shape index (κ3) is 3.95. The first kappa shape index (κ1) is 18.3. The van der Waals surface area contributed by atoms with Gasteiger partial charge >= 0.3 is 0 Å². The molecular weight excluding hydrogens is 342 g/mol. The van der Waals surface area contributed by atoms with Gasteiger partial charge in [0.2, 0.25) is 5.91 Å². The fourth-order valence-corrected chi connectivity index (χ4v) is 4.65. The highest BCUT2D eigenvalue weighted by Crippen LogP contribution is 2.25. The maximum atomic E-state index is 13.0. The number of ether oxygens (including phenoxy) is 1. The SMILES string of the molecule is COc1ccc(C(=O)N2CCC(C(=O)N3CC[C@H]4CC[C@@H](C3)N4)CC2)cc1. The molecule has 2 bridgehead atoms. The second-order valence-electron chi connectivity index (χ2n) is 8.01. The van der Waals surface area contributed by atoms with Crippen LogP contribution in [0.4, 0.5) is 0 Å². The molecule has 0 unspecified atom stereocenters. The zero-order valence-corrected chi connectivity index (χ0v) is 16.0. The van der Waals surface area contributed by atoms with Crippen LogP contribution >= 0.6 is 0 Å². The molecule has 6 heteroatoms. The second-order valence-corrected chi connectivity index (χ2v) is 8.01. The highest BCUT2D eigenvalue weighted by molar-refractivity contribution is 5.94. The number of methoxy groups -OCH3 is 1. The van der Waals surface area contributed by atoms with Crippen LogP contribution in [0.5, 0.6) is 5.75 Å². The normalized spacial score (nSPS) is 26.0. The zero-order chi connectivity index (χ0) is 18.8. The number of hydrogen-bond donors (Lipinski definition) is 1. The molecule has 1 N–H and O–H groups in total. The summed E-state index contributed by atoms with van der Waals surface area (Å²) in [5.74, 6) is 1.14. The average Bonchev–Trinajstić information content (AvgIpc) is 3.05. The largest absolute Gasteiger partial charge is 0.497 e. The van der Waals surface area contributed by atoms with E-state index in [0.29, 0.717) is 36.6 Å². The van der Waals surface area contributed by atoms with Gasteiger partial charge in [-0.1, -0.05) is 0 Å². The van der Waals surface area contributed by atoms with Crippen molar-refractivity contribution >= 4 is 11.8 Å². The lowest BCUT2D eigenvalue weighted by molar-refractivity contribution is -0.137. The van der Waals surface area contributed by atoms with E-state index in [0.717, 1.165) is 38.1 Å². The van der Waals surface area contributed by atoms with E-state index in [1.807, 2.05) is 17.0 Å². The lowest BCUT2D eigenvalue weighted by atomic mass is 9.94. The van der Waals surface area contributed by atoms with E-state index in [1.54, 1.807) is 19.2 Å². The minimum atomic E-state index is 0.0415. The first-order chi connectivity index (χ1) is 13.1. The number of piperidine rings is 1. The van der Waals surface area contributed by atoms with Gasteiger partial charge in [0.25, 0.3) is 5.91 Å². The van der Waals surface area contributed by atoms with Gasteiger partial charge in [0.05, 0.1) is 7.11 Å². The number of carbonyl (C=O) groups excluding carboxylic acids is 2. The quantitative estimate of drug-likeness (QED) is 0.882. The molecule has 6 nitrogen and oxygen atoms in total. The Hall–Kier alpha value is -2.08. The predicted molar refractivity (Wildman–Crippen MR) is 103 cm³/mol. The summed E-state index contributed by atoms with van der Waals surface area (Å²) < 4.78 is 5.15. The van der Waals surface area contributed by atoms with Crippen molar-refractivity contribution in [1.82, 2.24) is 15.1 Å². The number of nitrogens with zero attached hydrogens (tertiary/aromatic N) is 2. The molecule has 0 spiro atoms. The van der Waals surface area contributed by atoms with Gasteiger partial charge in [-0.05, 0) is 56.4 Å². The first-order valence-corrected chi connectivity index (χ1v) is 10.1. The Morgan fingerprint density at radius 3 is 2.30 bits per heavy atom. The van der Waals surface area contributed by atoms with E-state index in [1.165, 1.54) is 12.8 Å². The van der Waals surface area contributed by atoms with Gasteiger partial charge in [-0.3, -0.25) is 9.59 Å². The molecule has 3 aliphatic rings. The second kappa shape index (κ2) is 7.89. The molecule has 1 aromatic carbocycles. The van der Waals surface area contributed by atoms with E-state index in [-0.39, 0.29) is 11.8 Å². The molecule has 3 aliphatic heterocycles. The molecule has 2 atom stereocenters. The van der Waals surface area contributed by atoms with Crippen LogP contribution in [0.1, 0.15) is 42.5 Å². The molecule has 146 valence electrons. The summed E-state index contributed by atoms with van der Waals surface area (Å²) in [5, 5.41) is 3.63. The van der Waals surface area contributed by atoms with Gasteiger partial charge in [0, 0.05) is 49.7 Å². The molecule has 3 fully saturated rings. The third-order valence-electron chi connectivity index (χ3n) is 6.30. The average molecular weight is 371 g/mol. The topological polar surface area (TPSA) is 61.9 Å². The number of fused-ring (bicyclic) bond motifs is 2. The lowest BCUT2D eigenvalue weighted by Crippen LogP contribution is -2.46. The highest BCUT2D eigenvalue weighted by atomic mass is 16.5. The van der Waals surface area contributed by atoms with Gasteiger partial charge in [-0.2, -0.15) is 0 Å². The number of amides is 2. The first-order valence-electron chi connectivity index (χ1n) is 10.1. The van der Waals surface area contributed by atoms with Crippen LogP contribution in [0.25, 0.3) is 0 Å². The van der Waals surface area contributed by atoms with E-state index in [9.17, 15) is 9.59 Å². The molecule has 27 heavy (non-hydrogen) atoms. The molecule has 3 heterocycles. The number of benzene rings is 1. The fraction of sp³-hybridized carbons (Fsp3) is 0.619. The molecule has 4 rings (SSSR count). The number of carbonyl (C=O) groups is 2. The summed E-state index contributed by atoms with van der Waals surface area (Å²) in [5.41, 5.74) is 0.676. The Labute approximate surface area is 160 Å². The number of rotatable bonds is 3. The molecular formula is C21H29N3O3. The monoisotopic (exact) mass is 371 g/mol. The van der Waals surface area contributed by atoms with Crippen LogP contribution in [0.15, 0.2) is 24.3 Å².